The van der Waals surface area contributed by atoms with E-state index in [1.54, 1.807) is 19.1 Å². The molecule has 2 amide bonds. The third-order valence-corrected chi connectivity index (χ3v) is 3.75. The van der Waals surface area contributed by atoms with E-state index in [4.69, 9.17) is 16.3 Å². The molecule has 0 saturated heterocycles. The van der Waals surface area contributed by atoms with Crippen molar-refractivity contribution in [3.8, 4) is 5.75 Å². The van der Waals surface area contributed by atoms with Crippen molar-refractivity contribution in [2.24, 2.45) is 0 Å². The normalized spacial score (nSPS) is 10.3. The second-order valence-electron chi connectivity index (χ2n) is 5.16. The van der Waals surface area contributed by atoms with Gasteiger partial charge in [-0.1, -0.05) is 11.6 Å². The smallest absolute Gasteiger partial charge is 0.251 e. The molecule has 2 rings (SSSR count). The number of nitrogens with one attached hydrogen (secondary N) is 2. The van der Waals surface area contributed by atoms with Crippen molar-refractivity contribution >= 4 is 29.1 Å². The Morgan fingerprint density at radius 3 is 2.52 bits per heavy atom. The van der Waals surface area contributed by atoms with Crippen LogP contribution in [0.1, 0.15) is 15.9 Å². The van der Waals surface area contributed by atoms with Crippen molar-refractivity contribution < 1.29 is 23.1 Å². The Morgan fingerprint density at radius 2 is 1.88 bits per heavy atom. The van der Waals surface area contributed by atoms with Gasteiger partial charge in [-0.2, -0.15) is 0 Å². The number of benzene rings is 2. The summed E-state index contributed by atoms with van der Waals surface area (Å²) in [6.45, 7) is 1.41. The lowest BCUT2D eigenvalue weighted by molar-refractivity contribution is -0.115. The molecule has 5 nitrogen and oxygen atoms in total. The van der Waals surface area contributed by atoms with Crippen LogP contribution in [0.2, 0.25) is 5.02 Å². The van der Waals surface area contributed by atoms with Gasteiger partial charge >= 0.3 is 0 Å². The molecule has 0 aromatic heterocycles. The van der Waals surface area contributed by atoms with Gasteiger partial charge in [0.05, 0.1) is 19.3 Å². The molecule has 0 aliphatic rings. The fraction of sp³-hybridized carbons (Fsp3) is 0.176. The Morgan fingerprint density at radius 1 is 1.16 bits per heavy atom. The molecule has 0 aliphatic carbocycles. The number of carbonyl (C=O) groups is 2. The van der Waals surface area contributed by atoms with E-state index in [-0.39, 0.29) is 12.1 Å². The fourth-order valence-corrected chi connectivity index (χ4v) is 2.18. The second kappa shape index (κ2) is 7.94. The first-order valence-corrected chi connectivity index (χ1v) is 7.57. The summed E-state index contributed by atoms with van der Waals surface area (Å²) in [7, 11) is 1.43. The maximum Gasteiger partial charge on any atom is 0.251 e. The number of methoxy groups -OCH3 is 1. The van der Waals surface area contributed by atoms with Crippen LogP contribution in [0.4, 0.5) is 14.5 Å². The summed E-state index contributed by atoms with van der Waals surface area (Å²) in [5, 5.41) is 5.40. The molecule has 0 spiro atoms. The van der Waals surface area contributed by atoms with E-state index >= 15 is 0 Å². The monoisotopic (exact) mass is 368 g/mol. The molecule has 132 valence electrons. The van der Waals surface area contributed by atoms with Gasteiger partial charge in [-0.25, -0.2) is 8.78 Å². The second-order valence-corrected chi connectivity index (χ2v) is 5.57. The van der Waals surface area contributed by atoms with Crippen LogP contribution >= 0.6 is 11.6 Å². The zero-order chi connectivity index (χ0) is 18.6. The number of anilines is 1. The Hall–Kier alpha value is -2.67. The van der Waals surface area contributed by atoms with E-state index in [1.165, 1.54) is 7.11 Å². The Kier molecular flexibility index (Phi) is 5.93. The van der Waals surface area contributed by atoms with E-state index in [2.05, 4.69) is 10.6 Å². The predicted octanol–water partition coefficient (Wildman–Crippen LogP) is 3.30. The molecule has 0 heterocycles. The Balaban J connectivity index is 2.00. The van der Waals surface area contributed by atoms with E-state index < -0.39 is 23.4 Å². The molecule has 8 heteroatoms. The quantitative estimate of drug-likeness (QED) is 0.851. The lowest BCUT2D eigenvalue weighted by Crippen LogP contribution is -2.33. The van der Waals surface area contributed by atoms with Crippen molar-refractivity contribution in [3.05, 3.63) is 58.1 Å². The maximum atomic E-state index is 13.1. The number of hydrogen-bond donors (Lipinski definition) is 2. The van der Waals surface area contributed by atoms with Crippen molar-refractivity contribution in [2.75, 3.05) is 19.0 Å². The molecule has 0 fully saturated rings. The van der Waals surface area contributed by atoms with Crippen LogP contribution in [-0.2, 0) is 4.79 Å². The average molecular weight is 369 g/mol. The first kappa shape index (κ1) is 18.7. The van der Waals surface area contributed by atoms with Crippen LogP contribution in [0.25, 0.3) is 0 Å². The highest BCUT2D eigenvalue weighted by Crippen LogP contribution is 2.30. The molecule has 0 saturated carbocycles. The minimum Gasteiger partial charge on any atom is -0.495 e. The number of hydrogen-bond acceptors (Lipinski definition) is 3. The topological polar surface area (TPSA) is 67.4 Å². The van der Waals surface area contributed by atoms with Gasteiger partial charge in [0.25, 0.3) is 5.91 Å². The molecule has 0 radical (unpaired) electrons. The van der Waals surface area contributed by atoms with E-state index in [9.17, 15) is 18.4 Å². The van der Waals surface area contributed by atoms with Crippen LogP contribution in [0.15, 0.2) is 30.3 Å². The summed E-state index contributed by atoms with van der Waals surface area (Å²) in [6, 6.07) is 5.92. The minimum atomic E-state index is -1.14. The van der Waals surface area contributed by atoms with E-state index in [0.29, 0.717) is 16.5 Å². The zero-order valence-corrected chi connectivity index (χ0v) is 14.2. The molecule has 0 aliphatic heterocycles. The number of rotatable bonds is 5. The Bertz CT molecular complexity index is 828. The standard InChI is InChI=1S/C17H15ClF2N2O3/c1-9-5-14(15(25-2)7-11(9)18)22-16(23)8-21-17(24)10-3-4-12(19)13(20)6-10/h3-7H,8H2,1-2H3,(H,21,24)(H,22,23). The molecule has 0 atom stereocenters. The van der Waals surface area contributed by atoms with Gasteiger partial charge in [-0.3, -0.25) is 9.59 Å². The van der Waals surface area contributed by atoms with Gasteiger partial charge in [0.1, 0.15) is 5.75 Å². The first-order valence-electron chi connectivity index (χ1n) is 7.19. The third-order valence-electron chi connectivity index (χ3n) is 3.35. The summed E-state index contributed by atoms with van der Waals surface area (Å²) >= 11 is 5.99. The Labute approximate surface area is 147 Å². The van der Waals surface area contributed by atoms with Crippen LogP contribution in [-0.4, -0.2) is 25.5 Å². The molecule has 2 aromatic rings. The highest BCUT2D eigenvalue weighted by Gasteiger charge is 2.13. The predicted molar refractivity (Wildman–Crippen MR) is 90.1 cm³/mol. The van der Waals surface area contributed by atoms with Crippen LogP contribution < -0.4 is 15.4 Å². The molecule has 0 unspecified atom stereocenters. The van der Waals surface area contributed by atoms with Crippen LogP contribution in [0.3, 0.4) is 0 Å². The lowest BCUT2D eigenvalue weighted by Gasteiger charge is -2.12. The van der Waals surface area contributed by atoms with E-state index in [1.807, 2.05) is 0 Å². The summed E-state index contributed by atoms with van der Waals surface area (Å²) in [6.07, 6.45) is 0. The summed E-state index contributed by atoms with van der Waals surface area (Å²) in [4.78, 5) is 23.8. The van der Waals surface area contributed by atoms with Crippen LogP contribution in [0, 0.1) is 18.6 Å². The summed E-state index contributed by atoms with van der Waals surface area (Å²) < 4.78 is 31.1. The maximum absolute atomic E-state index is 13.1. The largest absolute Gasteiger partial charge is 0.495 e. The van der Waals surface area contributed by atoms with Gasteiger partial charge in [0.15, 0.2) is 11.6 Å². The van der Waals surface area contributed by atoms with Gasteiger partial charge in [-0.15, -0.1) is 0 Å². The summed E-state index contributed by atoms with van der Waals surface area (Å²) in [5.74, 6) is -3.04. The van der Waals surface area contributed by atoms with Gasteiger partial charge in [-0.05, 0) is 36.8 Å². The number of carbonyl (C=O) groups excluding carboxylic acids is 2. The van der Waals surface area contributed by atoms with Crippen LogP contribution in [0.5, 0.6) is 5.75 Å². The number of amides is 2. The highest BCUT2D eigenvalue weighted by molar-refractivity contribution is 6.31. The SMILES string of the molecule is COc1cc(Cl)c(C)cc1NC(=O)CNC(=O)c1ccc(F)c(F)c1. The van der Waals surface area contributed by atoms with Gasteiger partial charge in [0, 0.05) is 16.7 Å². The minimum absolute atomic E-state index is 0.0911. The fourth-order valence-electron chi connectivity index (χ4n) is 2.02. The average Bonchev–Trinajstić information content (AvgIpc) is 2.58. The van der Waals surface area contributed by atoms with Crippen molar-refractivity contribution in [2.45, 2.75) is 6.92 Å². The highest BCUT2D eigenvalue weighted by atomic mass is 35.5. The number of halogens is 3. The molecular formula is C17H15ClF2N2O3. The molecule has 0 bridgehead atoms. The third kappa shape index (κ3) is 4.67. The van der Waals surface area contributed by atoms with E-state index in [0.717, 1.165) is 23.8 Å². The number of ether oxygens (including phenoxy) is 1. The zero-order valence-electron chi connectivity index (χ0n) is 13.5. The summed E-state index contributed by atoms with van der Waals surface area (Å²) in [5.41, 5.74) is 1.05. The van der Waals surface area contributed by atoms with Crippen molar-refractivity contribution in [1.29, 1.82) is 0 Å². The van der Waals surface area contributed by atoms with Gasteiger partial charge in [0.2, 0.25) is 5.91 Å². The van der Waals surface area contributed by atoms with Gasteiger partial charge < -0.3 is 15.4 Å². The first-order chi connectivity index (χ1) is 11.8. The lowest BCUT2D eigenvalue weighted by atomic mass is 10.2. The van der Waals surface area contributed by atoms with Crippen molar-refractivity contribution in [3.63, 3.8) is 0 Å². The molecular weight excluding hydrogens is 354 g/mol. The molecule has 2 aromatic carbocycles. The molecule has 2 N–H and O–H groups in total. The molecule has 25 heavy (non-hydrogen) atoms. The van der Waals surface area contributed by atoms with Crippen molar-refractivity contribution in [1.82, 2.24) is 5.32 Å². The number of aryl methyl sites for hydroxylation is 1.